The van der Waals surface area contributed by atoms with Crippen molar-refractivity contribution >= 4 is 40.2 Å². The van der Waals surface area contributed by atoms with Gasteiger partial charge in [-0.15, -0.1) is 16.4 Å². The third-order valence-electron chi connectivity index (χ3n) is 3.18. The van der Waals surface area contributed by atoms with Crippen molar-refractivity contribution in [1.29, 1.82) is 0 Å². The zero-order valence-corrected chi connectivity index (χ0v) is 14.4. The number of benzene rings is 2. The number of hydrogen-bond acceptors (Lipinski definition) is 6. The van der Waals surface area contributed by atoms with Gasteiger partial charge in [0.2, 0.25) is 0 Å². The topological polar surface area (TPSA) is 81.4 Å². The molecule has 1 atom stereocenters. The van der Waals surface area contributed by atoms with Crippen molar-refractivity contribution in [2.75, 3.05) is 5.43 Å². The van der Waals surface area contributed by atoms with Crippen molar-refractivity contribution in [2.24, 2.45) is 5.10 Å². The van der Waals surface area contributed by atoms with Crippen LogP contribution in [0.4, 0.5) is 11.4 Å². The molecule has 8 heteroatoms. The standard InChI is InChI=1S/C17H14ClN3O3S/c18-12-3-9-15(10-4-12)24-17(16-2-1-11-25-16)20-19-13-5-7-14(8-6-13)21(22)23/h1-11,19,21-22H. The molecule has 1 aromatic heterocycles. The lowest BCUT2D eigenvalue weighted by Gasteiger charge is -2.12. The van der Waals surface area contributed by atoms with Gasteiger partial charge < -0.3 is 9.94 Å². The zero-order chi connectivity index (χ0) is 17.6. The predicted octanol–water partition coefficient (Wildman–Crippen LogP) is 3.66. The minimum absolute atomic E-state index is 0.213. The fraction of sp³-hybridized carbons (Fsp3) is 0. The first-order valence-electron chi connectivity index (χ1n) is 7.26. The highest BCUT2D eigenvalue weighted by molar-refractivity contribution is 7.12. The van der Waals surface area contributed by atoms with Crippen LogP contribution in [-0.2, 0) is 0 Å². The lowest BCUT2D eigenvalue weighted by atomic mass is 10.3. The van der Waals surface area contributed by atoms with Gasteiger partial charge in [-0.2, -0.15) is 5.23 Å². The Balaban J connectivity index is 1.79. The van der Waals surface area contributed by atoms with Gasteiger partial charge in [0.1, 0.15) is 5.75 Å². The van der Waals surface area contributed by atoms with E-state index in [1.54, 1.807) is 36.4 Å². The van der Waals surface area contributed by atoms with Crippen LogP contribution in [0.25, 0.3) is 0 Å². The minimum Gasteiger partial charge on any atom is -0.595 e. The molecule has 0 amide bonds. The van der Waals surface area contributed by atoms with Gasteiger partial charge in [0, 0.05) is 17.2 Å². The van der Waals surface area contributed by atoms with Crippen LogP contribution in [-0.4, -0.2) is 11.1 Å². The van der Waals surface area contributed by atoms with Crippen LogP contribution < -0.4 is 15.4 Å². The monoisotopic (exact) mass is 375 g/mol. The van der Waals surface area contributed by atoms with Gasteiger partial charge in [-0.25, -0.2) is 5.21 Å². The molecule has 1 unspecified atom stereocenters. The summed E-state index contributed by atoms with van der Waals surface area (Å²) in [5, 5.41) is 25.7. The van der Waals surface area contributed by atoms with E-state index in [2.05, 4.69) is 10.5 Å². The molecule has 2 aromatic carbocycles. The minimum atomic E-state index is -0.972. The van der Waals surface area contributed by atoms with E-state index < -0.39 is 5.23 Å². The van der Waals surface area contributed by atoms with E-state index in [9.17, 15) is 5.21 Å². The van der Waals surface area contributed by atoms with Gasteiger partial charge >= 0.3 is 0 Å². The van der Waals surface area contributed by atoms with Gasteiger partial charge in [-0.1, -0.05) is 17.7 Å². The smallest absolute Gasteiger partial charge is 0.253 e. The molecule has 3 aromatic rings. The average Bonchev–Trinajstić information content (AvgIpc) is 3.15. The molecule has 0 fully saturated rings. The molecule has 1 heterocycles. The van der Waals surface area contributed by atoms with Gasteiger partial charge in [0.05, 0.1) is 10.6 Å². The SMILES string of the molecule is [O-][NH+](O)c1ccc(NN=C(Oc2ccc(Cl)cc2)c2cccs2)cc1. The summed E-state index contributed by atoms with van der Waals surface area (Å²) in [5.41, 5.74) is 3.75. The molecule has 3 rings (SSSR count). The number of anilines is 1. The number of nitrogens with zero attached hydrogens (tertiary/aromatic N) is 1. The lowest BCUT2D eigenvalue weighted by molar-refractivity contribution is -0.991. The summed E-state index contributed by atoms with van der Waals surface area (Å²) in [6.07, 6.45) is 0. The Morgan fingerprint density at radius 1 is 1.12 bits per heavy atom. The van der Waals surface area contributed by atoms with Crippen molar-refractivity contribution in [3.8, 4) is 5.75 Å². The Morgan fingerprint density at radius 2 is 1.84 bits per heavy atom. The lowest BCUT2D eigenvalue weighted by Crippen LogP contribution is -2.99. The summed E-state index contributed by atoms with van der Waals surface area (Å²) in [7, 11) is 0. The van der Waals surface area contributed by atoms with Crippen molar-refractivity contribution in [1.82, 2.24) is 0 Å². The number of nitrogens with one attached hydrogen (secondary N) is 2. The summed E-state index contributed by atoms with van der Waals surface area (Å²) in [5.74, 6) is 1.01. The molecule has 25 heavy (non-hydrogen) atoms. The molecule has 0 saturated carbocycles. The number of hydrogen-bond donors (Lipinski definition) is 3. The summed E-state index contributed by atoms with van der Waals surface area (Å²) in [6, 6.07) is 17.1. The Bertz CT molecular complexity index is 835. The van der Waals surface area contributed by atoms with Crippen LogP contribution in [0.1, 0.15) is 4.88 Å². The molecule has 0 saturated heterocycles. The molecular weight excluding hydrogens is 362 g/mol. The maximum atomic E-state index is 10.9. The number of halogens is 1. The molecule has 128 valence electrons. The van der Waals surface area contributed by atoms with E-state index in [0.29, 0.717) is 22.4 Å². The second-order valence-electron chi connectivity index (χ2n) is 4.94. The van der Waals surface area contributed by atoms with Crippen molar-refractivity contribution in [2.45, 2.75) is 0 Å². The fourth-order valence-corrected chi connectivity index (χ4v) is 2.72. The van der Waals surface area contributed by atoms with E-state index in [4.69, 9.17) is 21.5 Å². The maximum absolute atomic E-state index is 10.9. The van der Waals surface area contributed by atoms with Crippen molar-refractivity contribution in [3.05, 3.63) is 81.2 Å². The fourth-order valence-electron chi connectivity index (χ4n) is 1.95. The normalized spacial score (nSPS) is 12.7. The number of thiophene rings is 1. The highest BCUT2D eigenvalue weighted by Gasteiger charge is 2.09. The second kappa shape index (κ2) is 8.11. The Hall–Kier alpha value is -2.42. The maximum Gasteiger partial charge on any atom is 0.253 e. The Kier molecular flexibility index (Phi) is 5.64. The molecule has 0 aliphatic heterocycles. The van der Waals surface area contributed by atoms with Crippen LogP contribution in [0.3, 0.4) is 0 Å². The third-order valence-corrected chi connectivity index (χ3v) is 4.29. The number of hydrazone groups is 1. The summed E-state index contributed by atoms with van der Waals surface area (Å²) in [6.45, 7) is 0. The number of quaternary nitrogens is 1. The molecule has 0 bridgehead atoms. The summed E-state index contributed by atoms with van der Waals surface area (Å²) >= 11 is 7.38. The zero-order valence-electron chi connectivity index (χ0n) is 12.8. The number of rotatable bonds is 5. The molecule has 0 spiro atoms. The Labute approximate surface area is 153 Å². The quantitative estimate of drug-likeness (QED) is 0.361. The molecule has 0 radical (unpaired) electrons. The first-order valence-corrected chi connectivity index (χ1v) is 8.52. The van der Waals surface area contributed by atoms with E-state index in [1.807, 2.05) is 17.5 Å². The molecule has 0 aliphatic carbocycles. The number of ether oxygens (including phenoxy) is 1. The van der Waals surface area contributed by atoms with Crippen molar-refractivity contribution in [3.63, 3.8) is 0 Å². The van der Waals surface area contributed by atoms with Crippen LogP contribution in [0.2, 0.25) is 5.02 Å². The third kappa shape index (κ3) is 4.79. The molecule has 6 nitrogen and oxygen atoms in total. The second-order valence-corrected chi connectivity index (χ2v) is 6.33. The molecule has 3 N–H and O–H groups in total. The van der Waals surface area contributed by atoms with Gasteiger partial charge in [-0.3, -0.25) is 5.43 Å². The first kappa shape index (κ1) is 17.4. The highest BCUT2D eigenvalue weighted by Crippen LogP contribution is 2.19. The van der Waals surface area contributed by atoms with Crippen molar-refractivity contribution < 1.29 is 15.2 Å². The van der Waals surface area contributed by atoms with Crippen LogP contribution in [0, 0.1) is 5.21 Å². The van der Waals surface area contributed by atoms with Crippen LogP contribution in [0.15, 0.2) is 71.1 Å². The van der Waals surface area contributed by atoms with E-state index in [0.717, 1.165) is 4.88 Å². The predicted molar refractivity (Wildman–Crippen MR) is 98.8 cm³/mol. The summed E-state index contributed by atoms with van der Waals surface area (Å²) < 4.78 is 5.84. The summed E-state index contributed by atoms with van der Waals surface area (Å²) in [4.78, 5) is 0.851. The largest absolute Gasteiger partial charge is 0.595 e. The first-order chi connectivity index (χ1) is 12.1. The van der Waals surface area contributed by atoms with Gasteiger partial charge in [0.25, 0.3) is 5.90 Å². The van der Waals surface area contributed by atoms with E-state index >= 15 is 0 Å². The van der Waals surface area contributed by atoms with Gasteiger partial charge in [-0.05, 0) is 47.8 Å². The molecule has 0 aliphatic rings. The van der Waals surface area contributed by atoms with E-state index in [1.165, 1.54) is 23.5 Å². The Morgan fingerprint density at radius 3 is 2.44 bits per heavy atom. The van der Waals surface area contributed by atoms with Crippen LogP contribution >= 0.6 is 22.9 Å². The highest BCUT2D eigenvalue weighted by atomic mass is 35.5. The van der Waals surface area contributed by atoms with Crippen LogP contribution in [0.5, 0.6) is 5.75 Å². The van der Waals surface area contributed by atoms with Gasteiger partial charge in [0.15, 0.2) is 5.69 Å². The molecular formula is C17H14ClN3O3S. The average molecular weight is 376 g/mol. The van der Waals surface area contributed by atoms with E-state index in [-0.39, 0.29) is 5.69 Å².